The zero-order valence-corrected chi connectivity index (χ0v) is 19.1. The van der Waals surface area contributed by atoms with Gasteiger partial charge < -0.3 is 30.4 Å². The summed E-state index contributed by atoms with van der Waals surface area (Å²) in [6.07, 6.45) is 3.95. The summed E-state index contributed by atoms with van der Waals surface area (Å²) in [5, 5.41) is 8.80. The van der Waals surface area contributed by atoms with Gasteiger partial charge in [-0.15, -0.1) is 0 Å². The van der Waals surface area contributed by atoms with Crippen molar-refractivity contribution >= 4 is 24.3 Å². The SMILES string of the molecule is C=Nc1c(/C(N)=N\COCCCC)[nH]c(=O)n1CCCCN1CCN(CCC(=O)O)CC1. The number of unbranched alkanes of at least 4 members (excludes halogenated alkanes) is 2. The number of carbonyl (C=O) groups is 1. The van der Waals surface area contributed by atoms with Crippen molar-refractivity contribution in [3.8, 4) is 0 Å². The van der Waals surface area contributed by atoms with Gasteiger partial charge in [0.25, 0.3) is 0 Å². The maximum atomic E-state index is 12.4. The van der Waals surface area contributed by atoms with E-state index in [1.165, 1.54) is 0 Å². The number of H-pyrrole nitrogens is 1. The van der Waals surface area contributed by atoms with Gasteiger partial charge >= 0.3 is 11.7 Å². The van der Waals surface area contributed by atoms with Gasteiger partial charge in [-0.25, -0.2) is 14.8 Å². The average Bonchev–Trinajstić information content (AvgIpc) is 3.11. The molecule has 4 N–H and O–H groups in total. The number of carboxylic acid groups (broad SMARTS) is 1. The monoisotopic (exact) mass is 451 g/mol. The van der Waals surface area contributed by atoms with Crippen molar-refractivity contribution in [2.24, 2.45) is 15.7 Å². The molecular formula is C21H37N7O4. The molecule has 1 fully saturated rings. The molecule has 0 amide bonds. The molecule has 0 saturated carbocycles. The highest BCUT2D eigenvalue weighted by Crippen LogP contribution is 2.16. The normalized spacial score (nSPS) is 15.8. The molecule has 11 heteroatoms. The Morgan fingerprint density at radius 1 is 1.16 bits per heavy atom. The van der Waals surface area contributed by atoms with E-state index in [1.54, 1.807) is 4.57 Å². The third-order valence-corrected chi connectivity index (χ3v) is 5.54. The van der Waals surface area contributed by atoms with Crippen LogP contribution in [0.25, 0.3) is 0 Å². The minimum Gasteiger partial charge on any atom is -0.481 e. The van der Waals surface area contributed by atoms with Crippen LogP contribution in [-0.2, 0) is 16.1 Å². The van der Waals surface area contributed by atoms with E-state index in [0.717, 1.165) is 58.4 Å². The molecule has 0 aliphatic carbocycles. The number of aromatic amines is 1. The van der Waals surface area contributed by atoms with E-state index in [4.69, 9.17) is 15.6 Å². The summed E-state index contributed by atoms with van der Waals surface area (Å²) in [7, 11) is 0. The lowest BCUT2D eigenvalue weighted by molar-refractivity contribution is -0.137. The van der Waals surface area contributed by atoms with E-state index in [-0.39, 0.29) is 24.7 Å². The molecule has 0 atom stereocenters. The van der Waals surface area contributed by atoms with Gasteiger partial charge in [-0.05, 0) is 32.5 Å². The fourth-order valence-electron chi connectivity index (χ4n) is 3.61. The summed E-state index contributed by atoms with van der Waals surface area (Å²) in [4.78, 5) is 38.6. The number of piperazine rings is 1. The first-order valence-corrected chi connectivity index (χ1v) is 11.3. The van der Waals surface area contributed by atoms with E-state index in [0.29, 0.717) is 31.2 Å². The lowest BCUT2D eigenvalue weighted by Crippen LogP contribution is -2.47. The van der Waals surface area contributed by atoms with Gasteiger partial charge in [0.15, 0.2) is 5.82 Å². The van der Waals surface area contributed by atoms with Gasteiger partial charge in [0, 0.05) is 45.9 Å². The largest absolute Gasteiger partial charge is 0.481 e. The van der Waals surface area contributed by atoms with Crippen LogP contribution in [-0.4, -0.2) is 95.6 Å². The molecule has 0 radical (unpaired) electrons. The number of nitrogens with one attached hydrogen (secondary N) is 1. The predicted octanol–water partition coefficient (Wildman–Crippen LogP) is 0.861. The van der Waals surface area contributed by atoms with E-state index in [9.17, 15) is 9.59 Å². The molecule has 1 aromatic heterocycles. The Morgan fingerprint density at radius 2 is 1.81 bits per heavy atom. The minimum atomic E-state index is -0.752. The smallest absolute Gasteiger partial charge is 0.327 e. The van der Waals surface area contributed by atoms with Gasteiger partial charge in [-0.1, -0.05) is 13.3 Å². The minimum absolute atomic E-state index is 0.138. The number of imidazole rings is 1. The third kappa shape index (κ3) is 8.21. The standard InChI is InChI=1S/C21H37N7O4/c1-3-4-15-32-16-24-19(22)18-20(23-2)28(21(31)25-18)9-6-5-8-26-11-13-27(14-12-26)10-7-17(29)30/h2-16H2,1H3,(H2,22,24)(H,25,31)(H,29,30). The van der Waals surface area contributed by atoms with Crippen molar-refractivity contribution < 1.29 is 14.6 Å². The van der Waals surface area contributed by atoms with Crippen molar-refractivity contribution in [1.82, 2.24) is 19.4 Å². The maximum absolute atomic E-state index is 12.4. The highest BCUT2D eigenvalue weighted by atomic mass is 16.5. The number of rotatable bonds is 15. The van der Waals surface area contributed by atoms with Gasteiger partial charge in [0.05, 0.1) is 6.42 Å². The van der Waals surface area contributed by atoms with Gasteiger partial charge in [0.1, 0.15) is 18.3 Å². The summed E-state index contributed by atoms with van der Waals surface area (Å²) < 4.78 is 6.95. The van der Waals surface area contributed by atoms with Crippen LogP contribution in [0.1, 0.15) is 44.7 Å². The number of aliphatic carboxylic acids is 1. The van der Waals surface area contributed by atoms with Crippen LogP contribution < -0.4 is 11.4 Å². The van der Waals surface area contributed by atoms with Crippen molar-refractivity contribution in [2.45, 2.75) is 45.6 Å². The van der Waals surface area contributed by atoms with Crippen molar-refractivity contribution in [1.29, 1.82) is 0 Å². The molecule has 180 valence electrons. The summed E-state index contributed by atoms with van der Waals surface area (Å²) in [5.74, 6) is -0.172. The van der Waals surface area contributed by atoms with Crippen LogP contribution >= 0.6 is 0 Å². The second-order valence-electron chi connectivity index (χ2n) is 7.91. The molecule has 1 aliphatic rings. The van der Waals surface area contributed by atoms with Crippen molar-refractivity contribution in [3.05, 3.63) is 16.2 Å². The lowest BCUT2D eigenvalue weighted by Gasteiger charge is -2.34. The van der Waals surface area contributed by atoms with Crippen LogP contribution in [0.2, 0.25) is 0 Å². The first kappa shape index (κ1) is 25.8. The van der Waals surface area contributed by atoms with Gasteiger partial charge in [0.2, 0.25) is 0 Å². The van der Waals surface area contributed by atoms with Crippen LogP contribution in [0.5, 0.6) is 0 Å². The number of hydrogen-bond acceptors (Lipinski definition) is 7. The first-order chi connectivity index (χ1) is 15.5. The maximum Gasteiger partial charge on any atom is 0.327 e. The molecule has 0 bridgehead atoms. The molecule has 1 aromatic rings. The number of nitrogens with zero attached hydrogens (tertiary/aromatic N) is 5. The van der Waals surface area contributed by atoms with Crippen LogP contribution in [0.4, 0.5) is 5.82 Å². The third-order valence-electron chi connectivity index (χ3n) is 5.54. The van der Waals surface area contributed by atoms with E-state index in [2.05, 4.69) is 38.4 Å². The highest BCUT2D eigenvalue weighted by molar-refractivity contribution is 5.99. The second-order valence-corrected chi connectivity index (χ2v) is 7.91. The Labute approximate surface area is 189 Å². The number of carboxylic acids is 1. The molecule has 2 heterocycles. The number of aromatic nitrogens is 2. The summed E-state index contributed by atoms with van der Waals surface area (Å²) in [6.45, 7) is 12.1. The van der Waals surface area contributed by atoms with Crippen LogP contribution in [0.15, 0.2) is 14.8 Å². The number of nitrogens with two attached hydrogens (primary N) is 1. The fourth-order valence-corrected chi connectivity index (χ4v) is 3.61. The first-order valence-electron chi connectivity index (χ1n) is 11.3. The van der Waals surface area contributed by atoms with Crippen LogP contribution in [0, 0.1) is 0 Å². The van der Waals surface area contributed by atoms with E-state index >= 15 is 0 Å². The fraction of sp³-hybridized carbons (Fsp3) is 0.714. The second kappa shape index (κ2) is 13.8. The molecule has 1 saturated heterocycles. The topological polar surface area (TPSA) is 142 Å². The molecule has 1 aliphatic heterocycles. The summed E-state index contributed by atoms with van der Waals surface area (Å²) in [6, 6.07) is 0. The molecule has 32 heavy (non-hydrogen) atoms. The van der Waals surface area contributed by atoms with Crippen molar-refractivity contribution in [3.63, 3.8) is 0 Å². The Kier molecular flexibility index (Phi) is 11.1. The van der Waals surface area contributed by atoms with E-state index < -0.39 is 5.97 Å². The number of ether oxygens (including phenoxy) is 1. The van der Waals surface area contributed by atoms with Gasteiger partial charge in [-0.3, -0.25) is 9.36 Å². The molecule has 11 nitrogen and oxygen atoms in total. The van der Waals surface area contributed by atoms with Crippen molar-refractivity contribution in [2.75, 3.05) is 52.6 Å². The lowest BCUT2D eigenvalue weighted by atomic mass is 10.2. The van der Waals surface area contributed by atoms with Crippen LogP contribution in [0.3, 0.4) is 0 Å². The number of amidine groups is 1. The van der Waals surface area contributed by atoms with Gasteiger partial charge in [-0.2, -0.15) is 0 Å². The Morgan fingerprint density at radius 3 is 2.44 bits per heavy atom. The molecule has 0 unspecified atom stereocenters. The number of aliphatic imine (C=N–C) groups is 2. The zero-order chi connectivity index (χ0) is 23.3. The number of hydrogen-bond donors (Lipinski definition) is 3. The van der Waals surface area contributed by atoms with E-state index in [1.807, 2.05) is 0 Å². The highest BCUT2D eigenvalue weighted by Gasteiger charge is 2.18. The Balaban J connectivity index is 1.79. The molecule has 2 rings (SSSR count). The molecular weight excluding hydrogens is 414 g/mol. The average molecular weight is 452 g/mol. The quantitative estimate of drug-likeness (QED) is 0.204. The molecule has 0 spiro atoms. The Hall–Kier alpha value is -2.50. The Bertz CT molecular complexity index is 810. The predicted molar refractivity (Wildman–Crippen MR) is 125 cm³/mol. The molecule has 0 aromatic carbocycles. The summed E-state index contributed by atoms with van der Waals surface area (Å²) >= 11 is 0. The zero-order valence-electron chi connectivity index (χ0n) is 19.1. The summed E-state index contributed by atoms with van der Waals surface area (Å²) in [5.41, 5.74) is 6.12.